The summed E-state index contributed by atoms with van der Waals surface area (Å²) in [6.07, 6.45) is 0.732. The van der Waals surface area contributed by atoms with E-state index in [-0.39, 0.29) is 23.4 Å². The minimum Gasteiger partial charge on any atom is -0.352 e. The van der Waals surface area contributed by atoms with Gasteiger partial charge in [-0.3, -0.25) is 13.9 Å². The zero-order valence-corrected chi connectivity index (χ0v) is 24.6. The fourth-order valence-corrected chi connectivity index (χ4v) is 5.52. The number of hydrogen-bond donors (Lipinski definition) is 1. The van der Waals surface area contributed by atoms with E-state index in [1.807, 2.05) is 13.8 Å². The number of amides is 2. The van der Waals surface area contributed by atoms with Gasteiger partial charge in [-0.2, -0.15) is 0 Å². The molecule has 0 spiro atoms. The molecule has 3 aromatic carbocycles. The third-order valence-electron chi connectivity index (χ3n) is 6.16. The lowest BCUT2D eigenvalue weighted by atomic mass is 10.1. The van der Waals surface area contributed by atoms with Crippen molar-refractivity contribution in [2.75, 3.05) is 10.8 Å². The Balaban J connectivity index is 2.00. The summed E-state index contributed by atoms with van der Waals surface area (Å²) in [5.41, 5.74) is 1.08. The maximum Gasteiger partial charge on any atom is 0.264 e. The Bertz CT molecular complexity index is 1340. The number of sulfonamides is 1. The van der Waals surface area contributed by atoms with Crippen LogP contribution in [0, 0.1) is 0 Å². The van der Waals surface area contributed by atoms with Gasteiger partial charge >= 0.3 is 0 Å². The van der Waals surface area contributed by atoms with E-state index < -0.39 is 28.5 Å². The molecule has 1 N–H and O–H groups in total. The molecule has 0 aliphatic heterocycles. The number of carbonyl (C=O) groups is 2. The van der Waals surface area contributed by atoms with Gasteiger partial charge in [0, 0.05) is 22.1 Å². The number of hydrogen-bond acceptors (Lipinski definition) is 4. The molecule has 202 valence electrons. The molecular formula is C28H31BrClN3O4S. The first-order valence-corrected chi connectivity index (χ1v) is 14.8. The highest BCUT2D eigenvalue weighted by atomic mass is 79.9. The standard InChI is InChI=1S/C28H31BrClN3O4S/c1-4-20(2)31-28(35)21(3)32(18-22-10-14-24(30)15-11-22)27(34)19-33(25-16-12-23(29)13-17-25)38(36,37)26-8-6-5-7-9-26/h5-17,20-21H,4,18-19H2,1-3H3,(H,31,35)/t20-,21-/m1/s1. The summed E-state index contributed by atoms with van der Waals surface area (Å²) in [4.78, 5) is 28.4. The number of anilines is 1. The smallest absolute Gasteiger partial charge is 0.264 e. The fourth-order valence-electron chi connectivity index (χ4n) is 3.69. The molecule has 7 nitrogen and oxygen atoms in total. The number of rotatable bonds is 11. The molecule has 3 rings (SSSR count). The number of nitrogens with one attached hydrogen (secondary N) is 1. The molecule has 2 amide bonds. The molecule has 0 saturated heterocycles. The maximum absolute atomic E-state index is 13.8. The second kappa shape index (κ2) is 13.3. The summed E-state index contributed by atoms with van der Waals surface area (Å²) < 4.78 is 29.3. The SMILES string of the molecule is CC[C@@H](C)NC(=O)[C@@H](C)N(Cc1ccc(Cl)cc1)C(=O)CN(c1ccc(Br)cc1)S(=O)(=O)c1ccccc1. The Labute approximate surface area is 238 Å². The minimum absolute atomic E-state index is 0.0579. The highest BCUT2D eigenvalue weighted by molar-refractivity contribution is 9.10. The van der Waals surface area contributed by atoms with Gasteiger partial charge in [-0.15, -0.1) is 0 Å². The van der Waals surface area contributed by atoms with Crippen LogP contribution in [0.4, 0.5) is 5.69 Å². The second-order valence-corrected chi connectivity index (χ2v) is 12.2. The van der Waals surface area contributed by atoms with Gasteiger partial charge in [0.05, 0.1) is 10.6 Å². The van der Waals surface area contributed by atoms with E-state index in [9.17, 15) is 18.0 Å². The van der Waals surface area contributed by atoms with Crippen LogP contribution in [0.1, 0.15) is 32.8 Å². The van der Waals surface area contributed by atoms with Crippen molar-refractivity contribution in [3.63, 3.8) is 0 Å². The number of nitrogens with zero attached hydrogens (tertiary/aromatic N) is 2. The van der Waals surface area contributed by atoms with Crippen LogP contribution in [0.3, 0.4) is 0 Å². The van der Waals surface area contributed by atoms with Crippen molar-refractivity contribution in [1.82, 2.24) is 10.2 Å². The third-order valence-corrected chi connectivity index (χ3v) is 8.73. The number of carbonyl (C=O) groups excluding carboxylic acids is 2. The highest BCUT2D eigenvalue weighted by Gasteiger charge is 2.32. The van der Waals surface area contributed by atoms with E-state index >= 15 is 0 Å². The van der Waals surface area contributed by atoms with E-state index in [0.29, 0.717) is 10.7 Å². The Morgan fingerprint density at radius 1 is 0.947 bits per heavy atom. The van der Waals surface area contributed by atoms with Crippen molar-refractivity contribution in [3.8, 4) is 0 Å². The predicted molar refractivity (Wildman–Crippen MR) is 154 cm³/mol. The Morgan fingerprint density at radius 3 is 2.13 bits per heavy atom. The largest absolute Gasteiger partial charge is 0.352 e. The van der Waals surface area contributed by atoms with E-state index in [1.54, 1.807) is 73.7 Å². The Morgan fingerprint density at radius 2 is 1.55 bits per heavy atom. The Kier molecular flexibility index (Phi) is 10.4. The van der Waals surface area contributed by atoms with Crippen LogP contribution in [-0.2, 0) is 26.2 Å². The first kappa shape index (κ1) is 29.7. The lowest BCUT2D eigenvalue weighted by molar-refractivity contribution is -0.139. The van der Waals surface area contributed by atoms with Crippen molar-refractivity contribution >= 4 is 55.1 Å². The molecule has 0 radical (unpaired) electrons. The molecule has 0 aliphatic carbocycles. The highest BCUT2D eigenvalue weighted by Crippen LogP contribution is 2.26. The molecule has 0 bridgehead atoms. The van der Waals surface area contributed by atoms with Crippen molar-refractivity contribution in [3.05, 3.63) is 93.9 Å². The average Bonchev–Trinajstić information content (AvgIpc) is 2.91. The molecular weight excluding hydrogens is 590 g/mol. The van der Waals surface area contributed by atoms with E-state index in [0.717, 1.165) is 20.8 Å². The van der Waals surface area contributed by atoms with Gasteiger partial charge in [0.25, 0.3) is 10.0 Å². The normalized spacial score (nSPS) is 12.9. The first-order valence-electron chi connectivity index (χ1n) is 12.2. The van der Waals surface area contributed by atoms with Gasteiger partial charge in [-0.1, -0.05) is 64.8 Å². The number of halogens is 2. The van der Waals surface area contributed by atoms with Crippen LogP contribution in [0.15, 0.2) is 88.2 Å². The lowest BCUT2D eigenvalue weighted by Gasteiger charge is -2.32. The summed E-state index contributed by atoms with van der Waals surface area (Å²) in [5.74, 6) is -0.836. The average molecular weight is 621 g/mol. The summed E-state index contributed by atoms with van der Waals surface area (Å²) in [7, 11) is -4.09. The molecule has 0 unspecified atom stereocenters. The van der Waals surface area contributed by atoms with Crippen LogP contribution >= 0.6 is 27.5 Å². The maximum atomic E-state index is 13.8. The van der Waals surface area contributed by atoms with Crippen molar-refractivity contribution < 1.29 is 18.0 Å². The molecule has 0 aliphatic rings. The predicted octanol–water partition coefficient (Wildman–Crippen LogP) is 5.63. The van der Waals surface area contributed by atoms with E-state index in [2.05, 4.69) is 21.2 Å². The summed E-state index contributed by atoms with van der Waals surface area (Å²) in [6.45, 7) is 5.09. The Hall–Kier alpha value is -2.88. The lowest BCUT2D eigenvalue weighted by Crippen LogP contribution is -2.52. The monoisotopic (exact) mass is 619 g/mol. The van der Waals surface area contributed by atoms with Gasteiger partial charge < -0.3 is 10.2 Å². The van der Waals surface area contributed by atoms with Crippen molar-refractivity contribution in [1.29, 1.82) is 0 Å². The van der Waals surface area contributed by atoms with Crippen LogP contribution < -0.4 is 9.62 Å². The minimum atomic E-state index is -4.09. The first-order chi connectivity index (χ1) is 18.0. The van der Waals surface area contributed by atoms with Gasteiger partial charge in [-0.05, 0) is 74.4 Å². The number of benzene rings is 3. The molecule has 0 saturated carbocycles. The van der Waals surface area contributed by atoms with Gasteiger partial charge in [-0.25, -0.2) is 8.42 Å². The fraction of sp³-hybridized carbons (Fsp3) is 0.286. The third kappa shape index (κ3) is 7.58. The molecule has 38 heavy (non-hydrogen) atoms. The van der Waals surface area contributed by atoms with Crippen molar-refractivity contribution in [2.45, 2.75) is 50.7 Å². The molecule has 0 heterocycles. The molecule has 0 aromatic heterocycles. The topological polar surface area (TPSA) is 86.8 Å². The summed E-state index contributed by atoms with van der Waals surface area (Å²) in [6, 6.07) is 20.7. The van der Waals surface area contributed by atoms with Gasteiger partial charge in [0.15, 0.2) is 0 Å². The summed E-state index contributed by atoms with van der Waals surface area (Å²) in [5, 5.41) is 3.46. The van der Waals surface area contributed by atoms with E-state index in [4.69, 9.17) is 11.6 Å². The summed E-state index contributed by atoms with van der Waals surface area (Å²) >= 11 is 9.40. The van der Waals surface area contributed by atoms with Gasteiger partial charge in [0.1, 0.15) is 12.6 Å². The van der Waals surface area contributed by atoms with Crippen LogP contribution in [-0.4, -0.2) is 43.8 Å². The van der Waals surface area contributed by atoms with Crippen molar-refractivity contribution in [2.24, 2.45) is 0 Å². The molecule has 10 heteroatoms. The zero-order valence-electron chi connectivity index (χ0n) is 21.5. The molecule has 2 atom stereocenters. The quantitative estimate of drug-likeness (QED) is 0.301. The van der Waals surface area contributed by atoms with Gasteiger partial charge in [0.2, 0.25) is 11.8 Å². The van der Waals surface area contributed by atoms with Crippen LogP contribution in [0.2, 0.25) is 5.02 Å². The molecule has 0 fully saturated rings. The van der Waals surface area contributed by atoms with E-state index in [1.165, 1.54) is 17.0 Å². The molecule has 3 aromatic rings. The zero-order chi connectivity index (χ0) is 27.9. The van der Waals surface area contributed by atoms with Crippen LogP contribution in [0.5, 0.6) is 0 Å². The second-order valence-electron chi connectivity index (χ2n) is 8.94. The van der Waals surface area contributed by atoms with Crippen LogP contribution in [0.25, 0.3) is 0 Å².